The van der Waals surface area contributed by atoms with Crippen LogP contribution in [0.4, 0.5) is 0 Å². The normalized spacial score (nSPS) is 29.5. The van der Waals surface area contributed by atoms with Crippen molar-refractivity contribution >= 4 is 17.9 Å². The van der Waals surface area contributed by atoms with Gasteiger partial charge in [0.25, 0.3) is 0 Å². The van der Waals surface area contributed by atoms with Gasteiger partial charge in [-0.25, -0.2) is 4.79 Å². The van der Waals surface area contributed by atoms with Crippen molar-refractivity contribution in [2.45, 2.75) is 57.2 Å². The summed E-state index contributed by atoms with van der Waals surface area (Å²) in [5.74, 6) is -1.97. The Kier molecular flexibility index (Phi) is 6.89. The zero-order valence-electron chi connectivity index (χ0n) is 17.1. The first-order valence-electron chi connectivity index (χ1n) is 9.76. The molecule has 3 rings (SSSR count). The molecule has 0 radical (unpaired) electrons. The van der Waals surface area contributed by atoms with Gasteiger partial charge in [0.1, 0.15) is 35.7 Å². The molecule has 5 atom stereocenters. The fourth-order valence-electron chi connectivity index (χ4n) is 3.41. The number of esters is 1. The van der Waals surface area contributed by atoms with Gasteiger partial charge in [-0.3, -0.25) is 4.99 Å². The minimum absolute atomic E-state index is 0.111. The fraction of sp³-hybridized carbons (Fsp3) is 0.524. The van der Waals surface area contributed by atoms with Crippen molar-refractivity contribution in [2.75, 3.05) is 13.2 Å². The second-order valence-electron chi connectivity index (χ2n) is 7.44. The lowest BCUT2D eigenvalue weighted by atomic mass is 10.0. The number of fused-ring (bicyclic) bond motifs is 1. The first kappa shape index (κ1) is 22.4. The van der Waals surface area contributed by atoms with Gasteiger partial charge in [-0.15, -0.1) is 0 Å². The molecule has 30 heavy (non-hydrogen) atoms. The van der Waals surface area contributed by atoms with Crippen LogP contribution in [0.3, 0.4) is 0 Å². The predicted octanol–water partition coefficient (Wildman–Crippen LogP) is 1.19. The molecule has 0 unspecified atom stereocenters. The van der Waals surface area contributed by atoms with Crippen LogP contribution in [-0.4, -0.2) is 77.1 Å². The van der Waals surface area contributed by atoms with Crippen LogP contribution in [0, 0.1) is 0 Å². The largest absolute Gasteiger partial charge is 0.506 e. The van der Waals surface area contributed by atoms with Gasteiger partial charge in [-0.1, -0.05) is 30.3 Å². The number of aliphatic hydroxyl groups is 3. The van der Waals surface area contributed by atoms with E-state index in [1.165, 1.54) is 0 Å². The van der Waals surface area contributed by atoms with Crippen molar-refractivity contribution in [3.8, 4) is 0 Å². The lowest BCUT2D eigenvalue weighted by molar-refractivity contribution is -0.217. The number of benzene rings is 1. The molecule has 0 saturated carbocycles. The summed E-state index contributed by atoms with van der Waals surface area (Å²) >= 11 is 0. The van der Waals surface area contributed by atoms with Crippen LogP contribution in [0.1, 0.15) is 26.3 Å². The van der Waals surface area contributed by atoms with Crippen molar-refractivity contribution in [1.82, 2.24) is 0 Å². The molecule has 3 N–H and O–H groups in total. The molecule has 0 aliphatic carbocycles. The Balaban J connectivity index is 1.83. The summed E-state index contributed by atoms with van der Waals surface area (Å²) in [6.45, 7) is 4.71. The van der Waals surface area contributed by atoms with Gasteiger partial charge >= 0.3 is 5.97 Å². The summed E-state index contributed by atoms with van der Waals surface area (Å²) in [7, 11) is 0. The third-order valence-corrected chi connectivity index (χ3v) is 4.81. The summed E-state index contributed by atoms with van der Waals surface area (Å²) in [6, 6.07) is 7.54. The standard InChI is InChI=1S/C21H27NO8/c1-4-27-19(26)13(15(24)12-8-6-5-7-9-12)10-22-14(11-23)17-16(25)18-20(28-17)30-21(2,3)29-18/h5-10,14,16-18,20,23-25H,4,11H2,1-3H3/b15-13+,22-10?/t14-,16+,17-,18-,20-/m1/s1. The molecule has 1 aromatic carbocycles. The van der Waals surface area contributed by atoms with Crippen molar-refractivity contribution in [3.05, 3.63) is 41.5 Å². The molecular formula is C21H27NO8. The zero-order chi connectivity index (χ0) is 21.9. The van der Waals surface area contributed by atoms with Gasteiger partial charge in [-0.05, 0) is 20.8 Å². The zero-order valence-corrected chi connectivity index (χ0v) is 17.1. The van der Waals surface area contributed by atoms with E-state index in [-0.39, 0.29) is 17.9 Å². The molecular weight excluding hydrogens is 394 g/mol. The number of nitrogens with zero attached hydrogens (tertiary/aromatic N) is 1. The van der Waals surface area contributed by atoms with E-state index in [9.17, 15) is 20.1 Å². The SMILES string of the molecule is CCOC(=O)/C(C=N[C@H](CO)[C@H]1O[C@@H]2OC(C)(C)O[C@@H]2[C@H]1O)=C(/O)c1ccccc1. The Hall–Kier alpha value is -2.30. The van der Waals surface area contributed by atoms with Gasteiger partial charge in [0.15, 0.2) is 12.1 Å². The Morgan fingerprint density at radius 1 is 1.30 bits per heavy atom. The Labute approximate surface area is 174 Å². The maximum atomic E-state index is 12.4. The number of ether oxygens (including phenoxy) is 4. The van der Waals surface area contributed by atoms with Crippen molar-refractivity contribution in [3.63, 3.8) is 0 Å². The number of aliphatic imine (C=N–C) groups is 1. The highest BCUT2D eigenvalue weighted by Gasteiger charge is 2.55. The number of carbonyl (C=O) groups excluding carboxylic acids is 1. The highest BCUT2D eigenvalue weighted by molar-refractivity contribution is 6.15. The van der Waals surface area contributed by atoms with Crippen LogP contribution in [0.2, 0.25) is 0 Å². The Morgan fingerprint density at radius 2 is 2.00 bits per heavy atom. The summed E-state index contributed by atoms with van der Waals surface area (Å²) in [6.07, 6.45) is -2.39. The molecule has 0 aromatic heterocycles. The van der Waals surface area contributed by atoms with E-state index < -0.39 is 49.0 Å². The van der Waals surface area contributed by atoms with Gasteiger partial charge in [0.2, 0.25) is 0 Å². The van der Waals surface area contributed by atoms with Crippen LogP contribution >= 0.6 is 0 Å². The first-order valence-corrected chi connectivity index (χ1v) is 9.76. The smallest absolute Gasteiger partial charge is 0.343 e. The summed E-state index contributed by atoms with van der Waals surface area (Å²) in [4.78, 5) is 16.6. The van der Waals surface area contributed by atoms with Crippen LogP contribution in [0.25, 0.3) is 5.76 Å². The van der Waals surface area contributed by atoms with Crippen LogP contribution in [0.15, 0.2) is 40.9 Å². The van der Waals surface area contributed by atoms with Crippen molar-refractivity contribution in [2.24, 2.45) is 4.99 Å². The first-order chi connectivity index (χ1) is 14.3. The van der Waals surface area contributed by atoms with E-state index in [4.69, 9.17) is 18.9 Å². The third-order valence-electron chi connectivity index (χ3n) is 4.81. The number of hydrogen-bond acceptors (Lipinski definition) is 9. The molecule has 164 valence electrons. The molecule has 9 nitrogen and oxygen atoms in total. The monoisotopic (exact) mass is 421 g/mol. The number of rotatable bonds is 7. The second-order valence-corrected chi connectivity index (χ2v) is 7.44. The van der Waals surface area contributed by atoms with E-state index >= 15 is 0 Å². The van der Waals surface area contributed by atoms with E-state index in [1.807, 2.05) is 0 Å². The topological polar surface area (TPSA) is 127 Å². The number of aliphatic hydroxyl groups excluding tert-OH is 3. The average molecular weight is 421 g/mol. The van der Waals surface area contributed by atoms with Crippen LogP contribution in [-0.2, 0) is 23.7 Å². The molecule has 0 amide bonds. The molecule has 2 heterocycles. The minimum Gasteiger partial charge on any atom is -0.506 e. The Bertz CT molecular complexity index is 806. The van der Waals surface area contributed by atoms with Gasteiger partial charge in [0.05, 0.1) is 13.2 Å². The summed E-state index contributed by atoms with van der Waals surface area (Å²) < 4.78 is 22.0. The molecule has 0 bridgehead atoms. The van der Waals surface area contributed by atoms with E-state index in [1.54, 1.807) is 51.1 Å². The molecule has 2 saturated heterocycles. The van der Waals surface area contributed by atoms with Crippen LogP contribution in [0.5, 0.6) is 0 Å². The van der Waals surface area contributed by atoms with Crippen molar-refractivity contribution < 1.29 is 39.1 Å². The van der Waals surface area contributed by atoms with Gasteiger partial charge < -0.3 is 34.3 Å². The number of hydrogen-bond donors (Lipinski definition) is 3. The summed E-state index contributed by atoms with van der Waals surface area (Å²) in [5, 5.41) is 30.9. The highest BCUT2D eigenvalue weighted by Crippen LogP contribution is 2.38. The maximum absolute atomic E-state index is 12.4. The molecule has 2 fully saturated rings. The fourth-order valence-corrected chi connectivity index (χ4v) is 3.41. The molecule has 9 heteroatoms. The number of carbonyl (C=O) groups is 1. The lowest BCUT2D eigenvalue weighted by Crippen LogP contribution is -2.41. The third kappa shape index (κ3) is 4.71. The van der Waals surface area contributed by atoms with E-state index in [0.29, 0.717) is 5.56 Å². The second kappa shape index (κ2) is 9.23. The van der Waals surface area contributed by atoms with E-state index in [0.717, 1.165) is 6.21 Å². The maximum Gasteiger partial charge on any atom is 0.343 e. The predicted molar refractivity (Wildman–Crippen MR) is 107 cm³/mol. The molecule has 2 aliphatic heterocycles. The minimum atomic E-state index is -1.09. The van der Waals surface area contributed by atoms with Gasteiger partial charge in [-0.2, -0.15) is 0 Å². The van der Waals surface area contributed by atoms with Crippen molar-refractivity contribution in [1.29, 1.82) is 0 Å². The molecule has 2 aliphatic rings. The lowest BCUT2D eigenvalue weighted by Gasteiger charge is -2.25. The van der Waals surface area contributed by atoms with E-state index in [2.05, 4.69) is 4.99 Å². The highest BCUT2D eigenvalue weighted by atomic mass is 16.8. The quantitative estimate of drug-likeness (QED) is 0.259. The Morgan fingerprint density at radius 3 is 2.60 bits per heavy atom. The van der Waals surface area contributed by atoms with Crippen LogP contribution < -0.4 is 0 Å². The molecule has 0 spiro atoms. The summed E-state index contributed by atoms with van der Waals surface area (Å²) in [5.41, 5.74) is 0.228. The average Bonchev–Trinajstić information content (AvgIpc) is 3.18. The molecule has 1 aromatic rings. The van der Waals surface area contributed by atoms with Gasteiger partial charge in [0, 0.05) is 11.8 Å².